The maximum absolute atomic E-state index is 6.50. The molecule has 6 heteroatoms. The Morgan fingerprint density at radius 3 is 2.57 bits per heavy atom. The maximum Gasteiger partial charge on any atom is 0.222 e. The van der Waals surface area contributed by atoms with E-state index in [1.807, 2.05) is 31.2 Å². The number of nitrogens with one attached hydrogen (secondary N) is 1. The normalized spacial score (nSPS) is 19.5. The van der Waals surface area contributed by atoms with Gasteiger partial charge in [0.2, 0.25) is 5.95 Å². The van der Waals surface area contributed by atoms with Crippen LogP contribution in [0.4, 0.5) is 11.6 Å². The van der Waals surface area contributed by atoms with E-state index in [-0.39, 0.29) is 6.10 Å². The molecule has 146 valence electrons. The van der Waals surface area contributed by atoms with Crippen molar-refractivity contribution >= 4 is 22.5 Å². The lowest BCUT2D eigenvalue weighted by molar-refractivity contribution is 0.152. The van der Waals surface area contributed by atoms with Gasteiger partial charge in [-0.15, -0.1) is 0 Å². The molecule has 0 radical (unpaired) electrons. The summed E-state index contributed by atoms with van der Waals surface area (Å²) in [5.41, 5.74) is 10.3. The third-order valence-corrected chi connectivity index (χ3v) is 5.54. The van der Waals surface area contributed by atoms with E-state index in [4.69, 9.17) is 15.5 Å². The average molecular weight is 377 g/mol. The molecule has 0 saturated heterocycles. The minimum atomic E-state index is 0.186. The van der Waals surface area contributed by atoms with Crippen molar-refractivity contribution in [1.82, 2.24) is 15.0 Å². The fourth-order valence-electron chi connectivity index (χ4n) is 4.08. The monoisotopic (exact) mass is 377 g/mol. The van der Waals surface area contributed by atoms with Crippen molar-refractivity contribution in [3.05, 3.63) is 47.9 Å². The number of hydrogen-bond donors (Lipinski definition) is 2. The van der Waals surface area contributed by atoms with E-state index in [1.54, 1.807) is 12.4 Å². The number of fused-ring (bicyclic) bond motifs is 1. The Bertz CT molecular complexity index is 952. The summed E-state index contributed by atoms with van der Waals surface area (Å²) in [6, 6.07) is 8.22. The van der Waals surface area contributed by atoms with Crippen LogP contribution in [-0.2, 0) is 6.42 Å². The smallest absolute Gasteiger partial charge is 0.222 e. The molecule has 1 saturated carbocycles. The van der Waals surface area contributed by atoms with Crippen LogP contribution in [0.1, 0.15) is 43.9 Å². The average Bonchev–Trinajstić information content (AvgIpc) is 2.70. The first-order valence-electron chi connectivity index (χ1n) is 10.0. The van der Waals surface area contributed by atoms with Crippen LogP contribution >= 0.6 is 0 Å². The van der Waals surface area contributed by atoms with Gasteiger partial charge in [0.05, 0.1) is 17.0 Å². The Labute approximate surface area is 165 Å². The quantitative estimate of drug-likeness (QED) is 0.690. The van der Waals surface area contributed by atoms with Crippen LogP contribution in [-0.4, -0.2) is 27.1 Å². The van der Waals surface area contributed by atoms with Gasteiger partial charge in [0.25, 0.3) is 0 Å². The summed E-state index contributed by atoms with van der Waals surface area (Å²) in [5.74, 6) is 1.54. The minimum Gasteiger partial charge on any atom is -0.490 e. The number of nitrogens with two attached hydrogens (primary N) is 1. The van der Waals surface area contributed by atoms with E-state index >= 15 is 0 Å². The SMILES string of the molecule is CCc1c(C)nc2cccc(OC3CCC(Nc4ncccn4)CC3)c2c1N. The molecule has 1 aliphatic carbocycles. The first kappa shape index (κ1) is 18.5. The molecule has 1 fully saturated rings. The lowest BCUT2D eigenvalue weighted by Gasteiger charge is -2.30. The molecule has 2 heterocycles. The molecule has 1 aliphatic rings. The van der Waals surface area contributed by atoms with Gasteiger partial charge in [-0.3, -0.25) is 4.98 Å². The van der Waals surface area contributed by atoms with Crippen molar-refractivity contribution < 1.29 is 4.74 Å². The Kier molecular flexibility index (Phi) is 5.28. The van der Waals surface area contributed by atoms with Crippen LogP contribution in [0.2, 0.25) is 0 Å². The van der Waals surface area contributed by atoms with Crippen LogP contribution in [0, 0.1) is 6.92 Å². The van der Waals surface area contributed by atoms with E-state index in [0.29, 0.717) is 12.0 Å². The van der Waals surface area contributed by atoms with Crippen molar-refractivity contribution in [1.29, 1.82) is 0 Å². The number of ether oxygens (including phenoxy) is 1. The van der Waals surface area contributed by atoms with Crippen LogP contribution in [0.15, 0.2) is 36.7 Å². The van der Waals surface area contributed by atoms with Crippen molar-refractivity contribution in [2.45, 2.75) is 58.1 Å². The second-order valence-electron chi connectivity index (χ2n) is 7.40. The van der Waals surface area contributed by atoms with Crippen molar-refractivity contribution in [3.63, 3.8) is 0 Å². The van der Waals surface area contributed by atoms with Crippen molar-refractivity contribution in [3.8, 4) is 5.75 Å². The number of benzene rings is 1. The third-order valence-electron chi connectivity index (χ3n) is 5.54. The Morgan fingerprint density at radius 2 is 1.86 bits per heavy atom. The summed E-state index contributed by atoms with van der Waals surface area (Å²) in [6.45, 7) is 4.13. The largest absolute Gasteiger partial charge is 0.490 e. The number of rotatable bonds is 5. The van der Waals surface area contributed by atoms with Crippen molar-refractivity contribution in [2.24, 2.45) is 0 Å². The highest BCUT2D eigenvalue weighted by Crippen LogP contribution is 2.35. The summed E-state index contributed by atoms with van der Waals surface area (Å²) >= 11 is 0. The van der Waals surface area contributed by atoms with Gasteiger partial charge in [0, 0.05) is 29.8 Å². The number of pyridine rings is 1. The summed E-state index contributed by atoms with van der Waals surface area (Å²) in [5, 5.41) is 4.36. The highest BCUT2D eigenvalue weighted by Gasteiger charge is 2.24. The fourth-order valence-corrected chi connectivity index (χ4v) is 4.08. The molecule has 1 aromatic carbocycles. The molecule has 2 aromatic heterocycles. The highest BCUT2D eigenvalue weighted by atomic mass is 16.5. The Hall–Kier alpha value is -2.89. The van der Waals surface area contributed by atoms with Gasteiger partial charge < -0.3 is 15.8 Å². The molecule has 0 bridgehead atoms. The first-order chi connectivity index (χ1) is 13.7. The van der Waals surface area contributed by atoms with Crippen LogP contribution in [0.25, 0.3) is 10.9 Å². The first-order valence-corrected chi connectivity index (χ1v) is 10.0. The fraction of sp³-hybridized carbons (Fsp3) is 0.409. The number of nitrogens with zero attached hydrogens (tertiary/aromatic N) is 3. The molecule has 0 unspecified atom stereocenters. The molecule has 0 amide bonds. The predicted octanol–water partition coefficient (Wildman–Crippen LogP) is 4.28. The Balaban J connectivity index is 1.47. The zero-order valence-electron chi connectivity index (χ0n) is 16.5. The van der Waals surface area contributed by atoms with Crippen LogP contribution < -0.4 is 15.8 Å². The van der Waals surface area contributed by atoms with Crippen molar-refractivity contribution in [2.75, 3.05) is 11.1 Å². The number of aromatic nitrogens is 3. The molecule has 4 rings (SSSR count). The second kappa shape index (κ2) is 8.00. The summed E-state index contributed by atoms with van der Waals surface area (Å²) in [6.07, 6.45) is 8.60. The highest BCUT2D eigenvalue weighted by molar-refractivity contribution is 5.97. The molecule has 0 atom stereocenters. The summed E-state index contributed by atoms with van der Waals surface area (Å²) < 4.78 is 6.41. The molecule has 3 N–H and O–H groups in total. The number of aryl methyl sites for hydroxylation is 1. The zero-order valence-corrected chi connectivity index (χ0v) is 16.5. The maximum atomic E-state index is 6.50. The van der Waals surface area contributed by atoms with Gasteiger partial charge in [-0.05, 0) is 62.8 Å². The van der Waals surface area contributed by atoms with Gasteiger partial charge >= 0.3 is 0 Å². The standard InChI is InChI=1S/C22H27N5O/c1-3-17-14(2)26-18-6-4-7-19(20(18)21(17)23)28-16-10-8-15(9-11-16)27-22-24-12-5-13-25-22/h4-7,12-13,15-16H,3,8-11H2,1-2H3,(H2,23,26)(H,24,25,27). The van der Waals surface area contributed by atoms with E-state index in [2.05, 4.69) is 22.2 Å². The van der Waals surface area contributed by atoms with Gasteiger partial charge in [0.1, 0.15) is 5.75 Å². The lowest BCUT2D eigenvalue weighted by Crippen LogP contribution is -2.31. The third kappa shape index (κ3) is 3.72. The molecule has 28 heavy (non-hydrogen) atoms. The molecule has 6 nitrogen and oxygen atoms in total. The zero-order chi connectivity index (χ0) is 19.5. The topological polar surface area (TPSA) is 86.0 Å². The van der Waals surface area contributed by atoms with Gasteiger partial charge in [-0.25, -0.2) is 9.97 Å². The second-order valence-corrected chi connectivity index (χ2v) is 7.40. The lowest BCUT2D eigenvalue weighted by atomic mass is 9.93. The summed E-state index contributed by atoms with van der Waals surface area (Å²) in [4.78, 5) is 13.2. The van der Waals surface area contributed by atoms with Gasteiger partial charge in [-0.1, -0.05) is 13.0 Å². The van der Waals surface area contributed by atoms with E-state index in [9.17, 15) is 0 Å². The number of hydrogen-bond acceptors (Lipinski definition) is 6. The Morgan fingerprint density at radius 1 is 1.11 bits per heavy atom. The molecule has 0 spiro atoms. The summed E-state index contributed by atoms with van der Waals surface area (Å²) in [7, 11) is 0. The predicted molar refractivity (Wildman–Crippen MR) is 113 cm³/mol. The minimum absolute atomic E-state index is 0.186. The van der Waals surface area contributed by atoms with Crippen LogP contribution in [0.3, 0.4) is 0 Å². The van der Waals surface area contributed by atoms with E-state index in [1.165, 1.54) is 0 Å². The van der Waals surface area contributed by atoms with E-state index in [0.717, 1.165) is 65.7 Å². The molecule has 0 aliphatic heterocycles. The van der Waals surface area contributed by atoms with Crippen LogP contribution in [0.5, 0.6) is 5.75 Å². The van der Waals surface area contributed by atoms with Gasteiger partial charge in [-0.2, -0.15) is 0 Å². The molecular weight excluding hydrogens is 350 g/mol. The van der Waals surface area contributed by atoms with Gasteiger partial charge in [0.15, 0.2) is 0 Å². The molecular formula is C22H27N5O. The number of nitrogen functional groups attached to an aromatic ring is 1. The van der Waals surface area contributed by atoms with E-state index < -0.39 is 0 Å². The molecule has 3 aromatic rings. The number of anilines is 2.